The number of carbonyl (C=O) groups excluding carboxylic acids is 1. The van der Waals surface area contributed by atoms with E-state index in [2.05, 4.69) is 5.32 Å². The number of carbonyl (C=O) groups is 1. The summed E-state index contributed by atoms with van der Waals surface area (Å²) in [6.07, 6.45) is 2.79. The summed E-state index contributed by atoms with van der Waals surface area (Å²) in [5.74, 6) is 1.59. The molecule has 1 aliphatic rings. The Morgan fingerprint density at radius 3 is 3.00 bits per heavy atom. The summed E-state index contributed by atoms with van der Waals surface area (Å²) < 4.78 is 5.60. The second kappa shape index (κ2) is 9.93. The normalized spacial score (nSPS) is 16.9. The van der Waals surface area contributed by atoms with Gasteiger partial charge in [0.25, 0.3) is 0 Å². The van der Waals surface area contributed by atoms with Gasteiger partial charge in [-0.1, -0.05) is 17.7 Å². The van der Waals surface area contributed by atoms with Crippen molar-refractivity contribution in [3.05, 3.63) is 29.3 Å². The molecule has 1 amide bonds. The molecule has 4 nitrogen and oxygen atoms in total. The first-order chi connectivity index (χ1) is 10.1. The second-order valence-electron chi connectivity index (χ2n) is 5.52. The lowest BCUT2D eigenvalue weighted by atomic mass is 10.0. The minimum absolute atomic E-state index is 0. The van der Waals surface area contributed by atoms with E-state index in [-0.39, 0.29) is 18.3 Å². The number of amides is 1. The monoisotopic (exact) mass is 346 g/mol. The van der Waals surface area contributed by atoms with Crippen LogP contribution in [-0.4, -0.2) is 44.1 Å². The Labute approximate surface area is 143 Å². The zero-order valence-electron chi connectivity index (χ0n) is 12.9. The van der Waals surface area contributed by atoms with Gasteiger partial charge in [-0.3, -0.25) is 4.79 Å². The number of hydrogen-bond donors (Lipinski definition) is 1. The van der Waals surface area contributed by atoms with Crippen LogP contribution in [-0.2, 0) is 4.79 Å². The Morgan fingerprint density at radius 1 is 1.50 bits per heavy atom. The predicted octanol–water partition coefficient (Wildman–Crippen LogP) is 2.99. The molecule has 6 heteroatoms. The maximum absolute atomic E-state index is 12.0. The quantitative estimate of drug-likeness (QED) is 0.825. The number of likely N-dealkylation sites (N-methyl/N-ethyl adjacent to an activating group) is 1. The summed E-state index contributed by atoms with van der Waals surface area (Å²) in [6.45, 7) is 3.21. The van der Waals surface area contributed by atoms with Crippen LogP contribution >= 0.6 is 24.0 Å². The van der Waals surface area contributed by atoms with E-state index in [0.29, 0.717) is 30.5 Å². The molecule has 1 aromatic carbocycles. The van der Waals surface area contributed by atoms with Crippen LogP contribution in [0.3, 0.4) is 0 Å². The number of rotatable bonds is 7. The molecule has 0 aliphatic carbocycles. The van der Waals surface area contributed by atoms with Gasteiger partial charge in [0, 0.05) is 18.5 Å². The van der Waals surface area contributed by atoms with Crippen molar-refractivity contribution in [1.82, 2.24) is 10.2 Å². The highest BCUT2D eigenvalue weighted by atomic mass is 35.5. The Balaban J connectivity index is 0.00000242. The van der Waals surface area contributed by atoms with E-state index < -0.39 is 0 Å². The average molecular weight is 347 g/mol. The van der Waals surface area contributed by atoms with Crippen molar-refractivity contribution in [3.8, 4) is 5.75 Å². The molecule has 1 N–H and O–H groups in total. The first kappa shape index (κ1) is 19.1. The maximum atomic E-state index is 12.0. The van der Waals surface area contributed by atoms with Gasteiger partial charge in [-0.05, 0) is 50.0 Å². The molecule has 1 unspecified atom stereocenters. The van der Waals surface area contributed by atoms with Gasteiger partial charge in [0.15, 0.2) is 0 Å². The van der Waals surface area contributed by atoms with Crippen molar-refractivity contribution in [2.75, 3.05) is 33.3 Å². The summed E-state index contributed by atoms with van der Waals surface area (Å²) in [5.41, 5.74) is 0. The standard InChI is InChI=1S/C16H23ClN2O2.ClH/c1-19(16(20)6-5-13-7-8-18-12-13)9-10-21-15-4-2-3-14(17)11-15;/h2-4,11,13,18H,5-10,12H2,1H3;1H. The highest BCUT2D eigenvalue weighted by molar-refractivity contribution is 6.30. The topological polar surface area (TPSA) is 41.6 Å². The van der Waals surface area contributed by atoms with E-state index in [4.69, 9.17) is 16.3 Å². The number of halogens is 2. The Hall–Kier alpha value is -0.970. The zero-order chi connectivity index (χ0) is 15.1. The molecule has 0 spiro atoms. The molecule has 0 bridgehead atoms. The smallest absolute Gasteiger partial charge is 0.222 e. The minimum Gasteiger partial charge on any atom is -0.492 e. The highest BCUT2D eigenvalue weighted by Crippen LogP contribution is 2.17. The van der Waals surface area contributed by atoms with Crippen molar-refractivity contribution in [1.29, 1.82) is 0 Å². The van der Waals surface area contributed by atoms with Crippen molar-refractivity contribution < 1.29 is 9.53 Å². The van der Waals surface area contributed by atoms with Crippen molar-refractivity contribution in [3.63, 3.8) is 0 Å². The molecule has 0 aromatic heterocycles. The number of nitrogens with one attached hydrogen (secondary N) is 1. The highest BCUT2D eigenvalue weighted by Gasteiger charge is 2.17. The summed E-state index contributed by atoms with van der Waals surface area (Å²) in [7, 11) is 1.83. The molecule has 2 rings (SSSR count). The van der Waals surface area contributed by atoms with Gasteiger partial charge in [0.2, 0.25) is 5.91 Å². The first-order valence-corrected chi connectivity index (χ1v) is 7.86. The van der Waals surface area contributed by atoms with Crippen molar-refractivity contribution in [2.24, 2.45) is 5.92 Å². The van der Waals surface area contributed by atoms with Gasteiger partial charge >= 0.3 is 0 Å². The number of benzene rings is 1. The van der Waals surface area contributed by atoms with Gasteiger partial charge in [-0.25, -0.2) is 0 Å². The lowest BCUT2D eigenvalue weighted by molar-refractivity contribution is -0.130. The minimum atomic E-state index is 0. The summed E-state index contributed by atoms with van der Waals surface area (Å²) in [4.78, 5) is 13.8. The van der Waals surface area contributed by atoms with E-state index in [1.54, 1.807) is 11.0 Å². The van der Waals surface area contributed by atoms with E-state index in [9.17, 15) is 4.79 Å². The third-order valence-corrected chi connectivity index (χ3v) is 4.08. The van der Waals surface area contributed by atoms with Gasteiger partial charge in [-0.2, -0.15) is 0 Å². The third kappa shape index (κ3) is 6.42. The molecule has 1 heterocycles. The van der Waals surface area contributed by atoms with Crippen molar-refractivity contribution in [2.45, 2.75) is 19.3 Å². The number of ether oxygens (including phenoxy) is 1. The van der Waals surface area contributed by atoms with Crippen LogP contribution in [0.25, 0.3) is 0 Å². The average Bonchev–Trinajstić information content (AvgIpc) is 2.98. The van der Waals surface area contributed by atoms with Gasteiger partial charge in [-0.15, -0.1) is 12.4 Å². The SMILES string of the molecule is CN(CCOc1cccc(Cl)c1)C(=O)CCC1CCNC1.Cl. The van der Waals surface area contributed by atoms with Crippen LogP contribution in [0, 0.1) is 5.92 Å². The molecule has 0 radical (unpaired) electrons. The fourth-order valence-electron chi connectivity index (χ4n) is 2.46. The molecule has 1 saturated heterocycles. The Bertz CT molecular complexity index is 465. The molecular weight excluding hydrogens is 323 g/mol. The van der Waals surface area contributed by atoms with Crippen LogP contribution in [0.15, 0.2) is 24.3 Å². The first-order valence-electron chi connectivity index (χ1n) is 7.48. The largest absolute Gasteiger partial charge is 0.492 e. The summed E-state index contributed by atoms with van der Waals surface area (Å²) in [6, 6.07) is 7.29. The van der Waals surface area contributed by atoms with Crippen LogP contribution in [0.4, 0.5) is 0 Å². The zero-order valence-corrected chi connectivity index (χ0v) is 14.5. The maximum Gasteiger partial charge on any atom is 0.222 e. The van der Waals surface area contributed by atoms with E-state index in [1.807, 2.05) is 25.2 Å². The fourth-order valence-corrected chi connectivity index (χ4v) is 2.64. The van der Waals surface area contributed by atoms with Crippen LogP contribution < -0.4 is 10.1 Å². The van der Waals surface area contributed by atoms with Crippen LogP contribution in [0.1, 0.15) is 19.3 Å². The molecule has 1 aromatic rings. The Morgan fingerprint density at radius 2 is 2.32 bits per heavy atom. The number of hydrogen-bond acceptors (Lipinski definition) is 3. The molecule has 0 saturated carbocycles. The second-order valence-corrected chi connectivity index (χ2v) is 5.96. The molecular formula is C16H24Cl2N2O2. The van der Waals surface area contributed by atoms with Gasteiger partial charge < -0.3 is 15.0 Å². The van der Waals surface area contributed by atoms with Crippen LogP contribution in [0.5, 0.6) is 5.75 Å². The van der Waals surface area contributed by atoms with Crippen molar-refractivity contribution >= 4 is 29.9 Å². The van der Waals surface area contributed by atoms with Gasteiger partial charge in [0.1, 0.15) is 12.4 Å². The lowest BCUT2D eigenvalue weighted by Crippen LogP contribution is -2.31. The molecule has 1 atom stereocenters. The number of nitrogens with zero attached hydrogens (tertiary/aromatic N) is 1. The van der Waals surface area contributed by atoms with Crippen LogP contribution in [0.2, 0.25) is 5.02 Å². The molecule has 124 valence electrons. The summed E-state index contributed by atoms with van der Waals surface area (Å²) in [5, 5.41) is 3.98. The Kier molecular flexibility index (Phi) is 8.61. The molecule has 1 aliphatic heterocycles. The fraction of sp³-hybridized carbons (Fsp3) is 0.562. The van der Waals surface area contributed by atoms with E-state index in [1.165, 1.54) is 6.42 Å². The van der Waals surface area contributed by atoms with E-state index in [0.717, 1.165) is 25.3 Å². The van der Waals surface area contributed by atoms with Gasteiger partial charge in [0.05, 0.1) is 6.54 Å². The third-order valence-electron chi connectivity index (χ3n) is 3.85. The summed E-state index contributed by atoms with van der Waals surface area (Å²) >= 11 is 5.89. The van der Waals surface area contributed by atoms with E-state index >= 15 is 0 Å². The predicted molar refractivity (Wildman–Crippen MR) is 92.0 cm³/mol. The molecule has 22 heavy (non-hydrogen) atoms. The lowest BCUT2D eigenvalue weighted by Gasteiger charge is -2.18. The molecule has 1 fully saturated rings.